The first-order valence-electron chi connectivity index (χ1n) is 6.20. The fourth-order valence-corrected chi connectivity index (χ4v) is 3.09. The Bertz CT molecular complexity index is 276. The Morgan fingerprint density at radius 2 is 2.24 bits per heavy atom. The van der Waals surface area contributed by atoms with Crippen LogP contribution in [-0.2, 0) is 14.3 Å². The minimum atomic E-state index is -0.660. The molecule has 2 saturated heterocycles. The summed E-state index contributed by atoms with van der Waals surface area (Å²) in [6, 6.07) is 0. The Hall–Kier alpha value is -0.650. The first kappa shape index (κ1) is 12.8. The molecule has 5 heteroatoms. The highest BCUT2D eigenvalue weighted by atomic mass is 16.5. The summed E-state index contributed by atoms with van der Waals surface area (Å²) in [6.45, 7) is 4.40. The Morgan fingerprint density at radius 1 is 1.53 bits per heavy atom. The SMILES string of the molecule is COCCN1C[C@@H](C(=O)O)C2(CCOCC2)C1. The lowest BCUT2D eigenvalue weighted by Gasteiger charge is -2.36. The second-order valence-corrected chi connectivity index (χ2v) is 5.09. The first-order chi connectivity index (χ1) is 8.18. The number of hydrogen-bond donors (Lipinski definition) is 1. The van der Waals surface area contributed by atoms with Crippen molar-refractivity contribution in [2.45, 2.75) is 12.8 Å². The summed E-state index contributed by atoms with van der Waals surface area (Å²) in [7, 11) is 1.68. The highest BCUT2D eigenvalue weighted by Gasteiger charge is 2.50. The van der Waals surface area contributed by atoms with Gasteiger partial charge in [0.05, 0.1) is 12.5 Å². The summed E-state index contributed by atoms with van der Waals surface area (Å²) in [4.78, 5) is 13.6. The number of hydrogen-bond acceptors (Lipinski definition) is 4. The molecule has 2 aliphatic rings. The van der Waals surface area contributed by atoms with Crippen molar-refractivity contribution in [3.05, 3.63) is 0 Å². The van der Waals surface area contributed by atoms with Crippen LogP contribution in [0.25, 0.3) is 0 Å². The molecule has 0 aromatic carbocycles. The first-order valence-corrected chi connectivity index (χ1v) is 6.20. The molecule has 0 bridgehead atoms. The molecule has 1 N–H and O–H groups in total. The number of methoxy groups -OCH3 is 1. The van der Waals surface area contributed by atoms with Crippen LogP contribution >= 0.6 is 0 Å². The smallest absolute Gasteiger partial charge is 0.308 e. The van der Waals surface area contributed by atoms with E-state index >= 15 is 0 Å². The number of carboxylic acids is 1. The van der Waals surface area contributed by atoms with E-state index in [-0.39, 0.29) is 11.3 Å². The normalized spacial score (nSPS) is 28.6. The van der Waals surface area contributed by atoms with Crippen molar-refractivity contribution in [1.82, 2.24) is 4.90 Å². The van der Waals surface area contributed by atoms with Gasteiger partial charge >= 0.3 is 5.97 Å². The van der Waals surface area contributed by atoms with Crippen molar-refractivity contribution < 1.29 is 19.4 Å². The highest BCUT2D eigenvalue weighted by Crippen LogP contribution is 2.44. The highest BCUT2D eigenvalue weighted by molar-refractivity contribution is 5.72. The Balaban J connectivity index is 2.04. The number of ether oxygens (including phenoxy) is 2. The zero-order valence-corrected chi connectivity index (χ0v) is 10.4. The van der Waals surface area contributed by atoms with Crippen molar-refractivity contribution in [3.63, 3.8) is 0 Å². The van der Waals surface area contributed by atoms with Gasteiger partial charge < -0.3 is 14.6 Å². The van der Waals surface area contributed by atoms with E-state index in [9.17, 15) is 9.90 Å². The molecule has 2 aliphatic heterocycles. The molecular formula is C12H21NO4. The van der Waals surface area contributed by atoms with Crippen LogP contribution in [0, 0.1) is 11.3 Å². The van der Waals surface area contributed by atoms with Gasteiger partial charge in [0.2, 0.25) is 0 Å². The lowest BCUT2D eigenvalue weighted by atomic mass is 9.72. The van der Waals surface area contributed by atoms with E-state index < -0.39 is 5.97 Å². The quantitative estimate of drug-likeness (QED) is 0.776. The Morgan fingerprint density at radius 3 is 2.82 bits per heavy atom. The maximum absolute atomic E-state index is 11.4. The number of likely N-dealkylation sites (tertiary alicyclic amines) is 1. The van der Waals surface area contributed by atoms with Crippen LogP contribution in [0.5, 0.6) is 0 Å². The van der Waals surface area contributed by atoms with E-state index in [1.54, 1.807) is 7.11 Å². The van der Waals surface area contributed by atoms with Crippen LogP contribution in [-0.4, -0.2) is 62.5 Å². The van der Waals surface area contributed by atoms with Gasteiger partial charge in [0.25, 0.3) is 0 Å². The second kappa shape index (κ2) is 5.33. The molecule has 5 nitrogen and oxygen atoms in total. The van der Waals surface area contributed by atoms with E-state index in [1.165, 1.54) is 0 Å². The third-order valence-corrected chi connectivity index (χ3v) is 4.12. The molecule has 0 radical (unpaired) electrons. The van der Waals surface area contributed by atoms with Gasteiger partial charge in [-0.1, -0.05) is 0 Å². The van der Waals surface area contributed by atoms with Crippen molar-refractivity contribution in [3.8, 4) is 0 Å². The maximum Gasteiger partial charge on any atom is 0.308 e. The Labute approximate surface area is 102 Å². The second-order valence-electron chi connectivity index (χ2n) is 5.09. The molecule has 0 aliphatic carbocycles. The van der Waals surface area contributed by atoms with Gasteiger partial charge in [-0.15, -0.1) is 0 Å². The molecule has 0 aromatic heterocycles. The molecule has 98 valence electrons. The fourth-order valence-electron chi connectivity index (χ4n) is 3.09. The van der Waals surface area contributed by atoms with E-state index in [1.807, 2.05) is 0 Å². The third-order valence-electron chi connectivity index (χ3n) is 4.12. The summed E-state index contributed by atoms with van der Waals surface area (Å²) >= 11 is 0. The van der Waals surface area contributed by atoms with Crippen molar-refractivity contribution in [2.75, 3.05) is 46.6 Å². The topological polar surface area (TPSA) is 59.0 Å². The average molecular weight is 243 g/mol. The minimum Gasteiger partial charge on any atom is -0.481 e. The standard InChI is InChI=1S/C12H21NO4/c1-16-7-4-13-8-10(11(14)15)12(9-13)2-5-17-6-3-12/h10H,2-9H2,1H3,(H,14,15)/t10-/m0/s1. The number of carboxylic acid groups (broad SMARTS) is 1. The van der Waals surface area contributed by atoms with Gasteiger partial charge in [0.1, 0.15) is 0 Å². The number of aliphatic carboxylic acids is 1. The zero-order chi connectivity index (χ0) is 12.3. The lowest BCUT2D eigenvalue weighted by molar-refractivity contribution is -0.146. The van der Waals surface area contributed by atoms with Gasteiger partial charge in [-0.3, -0.25) is 9.69 Å². The summed E-state index contributed by atoms with van der Waals surface area (Å²) in [6.07, 6.45) is 1.74. The molecule has 2 heterocycles. The Kier molecular flexibility index (Phi) is 4.01. The summed E-state index contributed by atoms with van der Waals surface area (Å²) in [5.74, 6) is -0.907. The zero-order valence-electron chi connectivity index (χ0n) is 10.4. The summed E-state index contributed by atoms with van der Waals surface area (Å²) < 4.78 is 10.4. The van der Waals surface area contributed by atoms with Gasteiger partial charge in [-0.05, 0) is 12.8 Å². The van der Waals surface area contributed by atoms with E-state index in [2.05, 4.69) is 4.90 Å². The monoisotopic (exact) mass is 243 g/mol. The fraction of sp³-hybridized carbons (Fsp3) is 0.917. The van der Waals surface area contributed by atoms with E-state index in [4.69, 9.17) is 9.47 Å². The number of rotatable bonds is 4. The summed E-state index contributed by atoms with van der Waals surface area (Å²) in [5.41, 5.74) is -0.0716. The van der Waals surface area contributed by atoms with E-state index in [0.717, 1.165) is 25.9 Å². The molecule has 2 rings (SSSR count). The molecule has 0 aromatic rings. The molecule has 0 saturated carbocycles. The van der Waals surface area contributed by atoms with Crippen LogP contribution in [0.2, 0.25) is 0 Å². The lowest BCUT2D eigenvalue weighted by Crippen LogP contribution is -2.40. The van der Waals surface area contributed by atoms with Crippen LogP contribution in [0.4, 0.5) is 0 Å². The molecule has 1 atom stereocenters. The molecule has 0 amide bonds. The van der Waals surface area contributed by atoms with Crippen LogP contribution in [0.1, 0.15) is 12.8 Å². The average Bonchev–Trinajstić information content (AvgIpc) is 2.66. The summed E-state index contributed by atoms with van der Waals surface area (Å²) in [5, 5.41) is 9.38. The molecule has 1 spiro atoms. The maximum atomic E-state index is 11.4. The van der Waals surface area contributed by atoms with E-state index in [0.29, 0.717) is 26.4 Å². The predicted octanol–water partition coefficient (Wildman–Crippen LogP) is 0.446. The van der Waals surface area contributed by atoms with Gasteiger partial charge in [-0.2, -0.15) is 0 Å². The molecule has 17 heavy (non-hydrogen) atoms. The van der Waals surface area contributed by atoms with Gasteiger partial charge in [0.15, 0.2) is 0 Å². The van der Waals surface area contributed by atoms with Crippen LogP contribution < -0.4 is 0 Å². The molecule has 2 fully saturated rings. The van der Waals surface area contributed by atoms with Crippen molar-refractivity contribution in [1.29, 1.82) is 0 Å². The third kappa shape index (κ3) is 2.61. The van der Waals surface area contributed by atoms with Crippen molar-refractivity contribution >= 4 is 5.97 Å². The van der Waals surface area contributed by atoms with Crippen LogP contribution in [0.15, 0.2) is 0 Å². The largest absolute Gasteiger partial charge is 0.481 e. The number of nitrogens with zero attached hydrogens (tertiary/aromatic N) is 1. The molecular weight excluding hydrogens is 222 g/mol. The van der Waals surface area contributed by atoms with Crippen molar-refractivity contribution in [2.24, 2.45) is 11.3 Å². The van der Waals surface area contributed by atoms with Crippen LogP contribution in [0.3, 0.4) is 0 Å². The van der Waals surface area contributed by atoms with Gasteiger partial charge in [0, 0.05) is 45.4 Å². The van der Waals surface area contributed by atoms with Gasteiger partial charge in [-0.25, -0.2) is 0 Å². The molecule has 0 unspecified atom stereocenters. The predicted molar refractivity (Wildman–Crippen MR) is 61.9 cm³/mol. The minimum absolute atomic E-state index is 0.0716. The number of carbonyl (C=O) groups is 1.